The first-order valence-corrected chi connectivity index (χ1v) is 5.14. The number of nitrogens with zero attached hydrogens (tertiary/aromatic N) is 2. The van der Waals surface area contributed by atoms with Gasteiger partial charge in [0.05, 0.1) is 12.1 Å². The monoisotopic (exact) mass is 214 g/mol. The molecule has 0 atom stereocenters. The highest BCUT2D eigenvalue weighted by molar-refractivity contribution is 5.20. The van der Waals surface area contributed by atoms with E-state index in [1.807, 2.05) is 19.1 Å². The minimum absolute atomic E-state index is 0.335. The van der Waals surface area contributed by atoms with Gasteiger partial charge in [0.15, 0.2) is 5.41 Å². The van der Waals surface area contributed by atoms with Gasteiger partial charge in [-0.3, -0.25) is 0 Å². The molecule has 0 aromatic carbocycles. The number of hydrogen-bond donors (Lipinski definition) is 0. The van der Waals surface area contributed by atoms with E-state index in [4.69, 9.17) is 14.9 Å². The number of hydrogen-bond acceptors (Lipinski definition) is 3. The molecule has 16 heavy (non-hydrogen) atoms. The molecule has 0 radical (unpaired) electrons. The second kappa shape index (κ2) is 5.19. The molecule has 0 aliphatic carbocycles. The summed E-state index contributed by atoms with van der Waals surface area (Å²) in [5.74, 6) is 1.48. The topological polar surface area (TPSA) is 60.7 Å². The molecule has 0 aliphatic heterocycles. The molecule has 0 saturated carbocycles. The molecule has 82 valence electrons. The second-order valence-electron chi connectivity index (χ2n) is 3.82. The largest absolute Gasteiger partial charge is 0.466 e. The van der Waals surface area contributed by atoms with Crippen molar-refractivity contribution in [2.45, 2.75) is 26.2 Å². The summed E-state index contributed by atoms with van der Waals surface area (Å²) in [6, 6.07) is 7.83. The van der Waals surface area contributed by atoms with Crippen LogP contribution in [0.25, 0.3) is 0 Å². The number of aryl methyl sites for hydroxylation is 1. The lowest BCUT2D eigenvalue weighted by Gasteiger charge is -2.15. The minimum Gasteiger partial charge on any atom is -0.466 e. The van der Waals surface area contributed by atoms with Gasteiger partial charge in [-0.15, -0.1) is 6.58 Å². The van der Waals surface area contributed by atoms with E-state index in [9.17, 15) is 0 Å². The van der Waals surface area contributed by atoms with Crippen molar-refractivity contribution in [3.63, 3.8) is 0 Å². The van der Waals surface area contributed by atoms with Crippen LogP contribution in [0.1, 0.15) is 24.4 Å². The van der Waals surface area contributed by atoms with Gasteiger partial charge < -0.3 is 4.42 Å². The summed E-state index contributed by atoms with van der Waals surface area (Å²) in [6.07, 6.45) is 3.20. The smallest absolute Gasteiger partial charge is 0.151 e. The van der Waals surface area contributed by atoms with Crippen LogP contribution in [-0.4, -0.2) is 0 Å². The zero-order valence-corrected chi connectivity index (χ0v) is 9.36. The summed E-state index contributed by atoms with van der Waals surface area (Å²) in [4.78, 5) is 0. The zero-order chi connectivity index (χ0) is 12.0. The van der Waals surface area contributed by atoms with Crippen molar-refractivity contribution in [2.24, 2.45) is 5.41 Å². The summed E-state index contributed by atoms with van der Waals surface area (Å²) in [5.41, 5.74) is -1.00. The standard InChI is InChI=1S/C13H14N2O/c1-3-4-7-13(9-14,10-15)8-12-6-5-11(2)16-12/h3,5-6H,1,4,7-8H2,2H3. The Labute approximate surface area is 95.6 Å². The Morgan fingerprint density at radius 1 is 1.44 bits per heavy atom. The summed E-state index contributed by atoms with van der Waals surface area (Å²) < 4.78 is 5.39. The van der Waals surface area contributed by atoms with Gasteiger partial charge in [0.2, 0.25) is 0 Å². The Morgan fingerprint density at radius 3 is 2.56 bits per heavy atom. The highest BCUT2D eigenvalue weighted by Gasteiger charge is 2.30. The fourth-order valence-corrected chi connectivity index (χ4v) is 1.53. The second-order valence-corrected chi connectivity index (χ2v) is 3.82. The molecule has 1 rings (SSSR count). The molecule has 3 nitrogen and oxygen atoms in total. The van der Waals surface area contributed by atoms with E-state index in [0.29, 0.717) is 25.0 Å². The van der Waals surface area contributed by atoms with E-state index in [1.54, 1.807) is 6.08 Å². The van der Waals surface area contributed by atoms with Crippen molar-refractivity contribution >= 4 is 0 Å². The normalized spacial score (nSPS) is 10.4. The predicted molar refractivity (Wildman–Crippen MR) is 60.2 cm³/mol. The minimum atomic E-state index is -1.00. The molecule has 0 saturated heterocycles. The summed E-state index contributed by atoms with van der Waals surface area (Å²) in [6.45, 7) is 5.44. The van der Waals surface area contributed by atoms with Gasteiger partial charge in [-0.1, -0.05) is 6.08 Å². The van der Waals surface area contributed by atoms with Gasteiger partial charge in [-0.25, -0.2) is 0 Å². The lowest BCUT2D eigenvalue weighted by Crippen LogP contribution is -2.19. The zero-order valence-electron chi connectivity index (χ0n) is 9.36. The summed E-state index contributed by atoms with van der Waals surface area (Å²) >= 11 is 0. The molecule has 0 unspecified atom stereocenters. The highest BCUT2D eigenvalue weighted by Crippen LogP contribution is 2.28. The average Bonchev–Trinajstić information content (AvgIpc) is 2.70. The Balaban J connectivity index is 2.83. The van der Waals surface area contributed by atoms with Crippen molar-refractivity contribution in [1.82, 2.24) is 0 Å². The molecule has 1 aromatic heterocycles. The Hall–Kier alpha value is -2.00. The van der Waals surface area contributed by atoms with Crippen LogP contribution < -0.4 is 0 Å². The number of nitriles is 2. The van der Waals surface area contributed by atoms with Crippen molar-refractivity contribution in [1.29, 1.82) is 10.5 Å². The molecule has 1 heterocycles. The van der Waals surface area contributed by atoms with Crippen LogP contribution >= 0.6 is 0 Å². The van der Waals surface area contributed by atoms with Crippen LogP contribution in [0, 0.1) is 35.0 Å². The van der Waals surface area contributed by atoms with Crippen molar-refractivity contribution in [3.05, 3.63) is 36.3 Å². The van der Waals surface area contributed by atoms with Gasteiger partial charge in [-0.2, -0.15) is 10.5 Å². The lowest BCUT2D eigenvalue weighted by atomic mass is 9.82. The van der Waals surface area contributed by atoms with Crippen LogP contribution in [0.15, 0.2) is 29.2 Å². The summed E-state index contributed by atoms with van der Waals surface area (Å²) in [7, 11) is 0. The van der Waals surface area contributed by atoms with Crippen LogP contribution in [0.4, 0.5) is 0 Å². The first-order valence-electron chi connectivity index (χ1n) is 5.14. The van der Waals surface area contributed by atoms with Crippen molar-refractivity contribution in [3.8, 4) is 12.1 Å². The van der Waals surface area contributed by atoms with Crippen molar-refractivity contribution in [2.75, 3.05) is 0 Å². The Kier molecular flexibility index (Phi) is 3.91. The maximum atomic E-state index is 9.12. The molecule has 0 spiro atoms. The fourth-order valence-electron chi connectivity index (χ4n) is 1.53. The number of rotatable bonds is 5. The third kappa shape index (κ3) is 2.74. The molecule has 0 amide bonds. The van der Waals surface area contributed by atoms with Gasteiger partial charge in [0.25, 0.3) is 0 Å². The van der Waals surface area contributed by atoms with Gasteiger partial charge in [0.1, 0.15) is 11.5 Å². The number of furan rings is 1. The Bertz CT molecular complexity index is 431. The molecule has 1 aromatic rings. The van der Waals surface area contributed by atoms with Crippen LogP contribution in [0.2, 0.25) is 0 Å². The third-order valence-corrected chi connectivity index (χ3v) is 2.48. The maximum Gasteiger partial charge on any atom is 0.151 e. The first kappa shape index (κ1) is 12.1. The number of allylic oxidation sites excluding steroid dienone is 1. The van der Waals surface area contributed by atoms with E-state index in [-0.39, 0.29) is 0 Å². The van der Waals surface area contributed by atoms with Crippen molar-refractivity contribution < 1.29 is 4.42 Å². The van der Waals surface area contributed by atoms with E-state index in [0.717, 1.165) is 5.76 Å². The highest BCUT2D eigenvalue weighted by atomic mass is 16.3. The first-order chi connectivity index (χ1) is 7.65. The molecule has 0 bridgehead atoms. The quantitative estimate of drug-likeness (QED) is 0.707. The average molecular weight is 214 g/mol. The van der Waals surface area contributed by atoms with Gasteiger partial charge >= 0.3 is 0 Å². The van der Waals surface area contributed by atoms with Gasteiger partial charge in [-0.05, 0) is 31.9 Å². The van der Waals surface area contributed by atoms with E-state index in [1.165, 1.54) is 0 Å². The van der Waals surface area contributed by atoms with Gasteiger partial charge in [0, 0.05) is 6.42 Å². The molecule has 0 aliphatic rings. The van der Waals surface area contributed by atoms with Crippen LogP contribution in [0.5, 0.6) is 0 Å². The SMILES string of the molecule is C=CCCC(C#N)(C#N)Cc1ccc(C)o1. The molecular formula is C13H14N2O. The Morgan fingerprint density at radius 2 is 2.12 bits per heavy atom. The molecule has 0 fully saturated rings. The molecule has 3 heteroatoms. The maximum absolute atomic E-state index is 9.12. The van der Waals surface area contributed by atoms with E-state index < -0.39 is 5.41 Å². The van der Waals surface area contributed by atoms with E-state index >= 15 is 0 Å². The lowest BCUT2D eigenvalue weighted by molar-refractivity contribution is 0.402. The predicted octanol–water partition coefficient (Wildman–Crippen LogP) is 3.13. The third-order valence-electron chi connectivity index (χ3n) is 2.48. The van der Waals surface area contributed by atoms with Crippen LogP contribution in [0.3, 0.4) is 0 Å². The van der Waals surface area contributed by atoms with E-state index in [2.05, 4.69) is 18.7 Å². The molecule has 0 N–H and O–H groups in total. The fraction of sp³-hybridized carbons (Fsp3) is 0.385. The summed E-state index contributed by atoms with van der Waals surface area (Å²) in [5, 5.41) is 18.2. The van der Waals surface area contributed by atoms with Crippen LogP contribution in [-0.2, 0) is 6.42 Å². The molecular weight excluding hydrogens is 200 g/mol.